The Kier molecular flexibility index (Phi) is 10.6. The molecule has 1 saturated carbocycles. The molecule has 69 heavy (non-hydrogen) atoms. The van der Waals surface area contributed by atoms with Crippen molar-refractivity contribution in [2.75, 3.05) is 74.2 Å². The molecule has 0 radical (unpaired) electrons. The molecule has 0 unspecified atom stereocenters. The molecular formula is C49H53F2N9O8S. The maximum absolute atomic E-state index is 14.6. The molecule has 6 aliphatic heterocycles. The topological polar surface area (TPSA) is 188 Å². The normalized spacial score (nSPS) is 25.1. The number of piperidine rings is 1. The van der Waals surface area contributed by atoms with E-state index in [-0.39, 0.29) is 68.2 Å². The van der Waals surface area contributed by atoms with E-state index < -0.39 is 55.5 Å². The highest BCUT2D eigenvalue weighted by atomic mass is 32.2. The van der Waals surface area contributed by atoms with Gasteiger partial charge in [0.1, 0.15) is 24.0 Å². The van der Waals surface area contributed by atoms with E-state index in [4.69, 9.17) is 19.2 Å². The summed E-state index contributed by atoms with van der Waals surface area (Å²) < 4.78 is 76.6. The molecule has 7 aliphatic rings. The summed E-state index contributed by atoms with van der Waals surface area (Å²) in [4.78, 5) is 42.6. The zero-order valence-electron chi connectivity index (χ0n) is 38.0. The van der Waals surface area contributed by atoms with Crippen molar-refractivity contribution in [2.24, 2.45) is 5.41 Å². The van der Waals surface area contributed by atoms with Crippen LogP contribution >= 0.6 is 0 Å². The van der Waals surface area contributed by atoms with E-state index in [1.54, 1.807) is 12.3 Å². The highest BCUT2D eigenvalue weighted by Gasteiger charge is 2.55. The maximum atomic E-state index is 14.6. The molecule has 1 spiro atoms. The lowest BCUT2D eigenvalue weighted by atomic mass is 9.60. The summed E-state index contributed by atoms with van der Waals surface area (Å²) in [5, 5.41) is 16.4. The van der Waals surface area contributed by atoms with Gasteiger partial charge >= 0.3 is 0 Å². The van der Waals surface area contributed by atoms with E-state index in [2.05, 4.69) is 56.0 Å². The van der Waals surface area contributed by atoms with Crippen molar-refractivity contribution < 1.29 is 41.1 Å². The van der Waals surface area contributed by atoms with Crippen molar-refractivity contribution >= 4 is 55.4 Å². The molecule has 1 aliphatic carbocycles. The van der Waals surface area contributed by atoms with E-state index in [1.165, 1.54) is 24.0 Å². The van der Waals surface area contributed by atoms with Gasteiger partial charge in [-0.15, -0.1) is 0 Å². The summed E-state index contributed by atoms with van der Waals surface area (Å²) in [7, 11) is -4.75. The second kappa shape index (κ2) is 16.5. The summed E-state index contributed by atoms with van der Waals surface area (Å²) in [6.45, 7) is 6.18. The molecule has 20 heteroatoms. The van der Waals surface area contributed by atoms with Crippen LogP contribution in [0, 0.1) is 22.5 Å². The van der Waals surface area contributed by atoms with Gasteiger partial charge in [-0.25, -0.2) is 21.9 Å². The first kappa shape index (κ1) is 44.1. The molecule has 1 amide bonds. The highest BCUT2D eigenvalue weighted by molar-refractivity contribution is 7.90. The number of pyridine rings is 1. The molecule has 17 nitrogen and oxygen atoms in total. The van der Waals surface area contributed by atoms with Gasteiger partial charge in [0.15, 0.2) is 11.4 Å². The maximum Gasteiger partial charge on any atom is 0.297 e. The average molecular weight is 966 g/mol. The number of aromatic amines is 1. The Morgan fingerprint density at radius 3 is 2.61 bits per heavy atom. The number of alkyl halides is 2. The second-order valence-electron chi connectivity index (χ2n) is 20.0. The fraction of sp³-hybridized carbons (Fsp3) is 0.469. The fourth-order valence-corrected chi connectivity index (χ4v) is 13.0. The Morgan fingerprint density at radius 1 is 1.00 bits per heavy atom. The number of likely N-dealkylation sites (tertiary alicyclic amines) is 2. The number of amides is 1. The summed E-state index contributed by atoms with van der Waals surface area (Å²) in [5.74, 6) is -3.42. The second-order valence-corrected chi connectivity index (χ2v) is 21.7. The molecule has 5 aromatic rings. The molecular weight excluding hydrogens is 913 g/mol. The van der Waals surface area contributed by atoms with Crippen LogP contribution in [0.25, 0.3) is 11.0 Å². The summed E-state index contributed by atoms with van der Waals surface area (Å²) in [5.41, 5.74) is 4.91. The monoisotopic (exact) mass is 965 g/mol. The lowest BCUT2D eigenvalue weighted by molar-refractivity contribution is -0.384. The Morgan fingerprint density at radius 2 is 1.81 bits per heavy atom. The lowest BCUT2D eigenvalue weighted by Crippen LogP contribution is -2.66. The van der Waals surface area contributed by atoms with Crippen molar-refractivity contribution in [1.29, 1.82) is 0 Å². The van der Waals surface area contributed by atoms with Crippen LogP contribution in [0.5, 0.6) is 11.6 Å². The van der Waals surface area contributed by atoms with Crippen LogP contribution in [-0.2, 0) is 14.8 Å². The minimum atomic E-state index is -4.75. The molecule has 3 N–H and O–H groups in total. The van der Waals surface area contributed by atoms with Crippen molar-refractivity contribution in [3.05, 3.63) is 99.7 Å². The van der Waals surface area contributed by atoms with Crippen molar-refractivity contribution in [3.8, 4) is 11.6 Å². The van der Waals surface area contributed by atoms with Gasteiger partial charge in [0.05, 0.1) is 46.4 Å². The van der Waals surface area contributed by atoms with Crippen molar-refractivity contribution in [2.45, 2.75) is 86.5 Å². The van der Waals surface area contributed by atoms with Gasteiger partial charge in [0, 0.05) is 92.5 Å². The zero-order valence-corrected chi connectivity index (χ0v) is 38.9. The summed E-state index contributed by atoms with van der Waals surface area (Å²) in [6, 6.07) is 20.1. The van der Waals surface area contributed by atoms with Crippen LogP contribution in [0.2, 0.25) is 0 Å². The number of sulfonamides is 1. The predicted molar refractivity (Wildman–Crippen MR) is 253 cm³/mol. The van der Waals surface area contributed by atoms with Crippen LogP contribution in [0.4, 0.5) is 37.2 Å². The smallest absolute Gasteiger partial charge is 0.297 e. The first-order valence-electron chi connectivity index (χ1n) is 23.8. The minimum Gasteiger partial charge on any atom is -0.489 e. The third-order valence-electron chi connectivity index (χ3n) is 15.5. The van der Waals surface area contributed by atoms with Crippen LogP contribution in [-0.4, -0.2) is 128 Å². The molecule has 4 atom stereocenters. The number of benzene rings is 3. The zero-order chi connectivity index (χ0) is 47.4. The number of aromatic nitrogens is 2. The molecule has 362 valence electrons. The summed E-state index contributed by atoms with van der Waals surface area (Å²) in [6.07, 6.45) is 5.35. The van der Waals surface area contributed by atoms with Crippen LogP contribution in [0.15, 0.2) is 77.8 Å². The molecule has 3 aromatic carbocycles. The number of nitro benzene ring substituents is 1. The quantitative estimate of drug-likeness (QED) is 0.0969. The van der Waals surface area contributed by atoms with Crippen LogP contribution in [0.1, 0.15) is 66.1 Å². The number of nitrogens with zero attached hydrogens (tertiary/aromatic N) is 6. The number of nitro groups is 1. The number of hydrogen-bond acceptors (Lipinski definition) is 14. The molecule has 5 fully saturated rings. The van der Waals surface area contributed by atoms with Gasteiger partial charge in [-0.05, 0) is 80.6 Å². The third-order valence-corrected chi connectivity index (χ3v) is 16.8. The number of carbonyl (C=O) groups is 1. The number of rotatable bonds is 10. The number of nitrogens with one attached hydrogen (secondary N) is 3. The SMILES string of the molecule is Cc1ccccc1[C@@H]1CCCN1C1CC2(C1)CN(c1ccc(C(=O)NS(=O)(=O)c3cc4c(c([N+](=O)[O-])c3)N[C@H](CN3CCC(F)(F)CC3)CO4)c(N3c4cc5cc[nH]c5nc4O[C@H]4COC[C@@H]43)c1)C2. The number of carbonyl (C=O) groups excluding carboxylic acids is 1. The first-order chi connectivity index (χ1) is 33.2. The van der Waals surface area contributed by atoms with E-state index >= 15 is 0 Å². The van der Waals surface area contributed by atoms with Crippen LogP contribution in [0.3, 0.4) is 0 Å². The third kappa shape index (κ3) is 7.88. The van der Waals surface area contributed by atoms with Gasteiger partial charge < -0.3 is 39.2 Å². The fourth-order valence-electron chi connectivity index (χ4n) is 12.0. The van der Waals surface area contributed by atoms with E-state index in [0.29, 0.717) is 41.5 Å². The van der Waals surface area contributed by atoms with E-state index in [0.717, 1.165) is 55.7 Å². The number of anilines is 4. The van der Waals surface area contributed by atoms with Gasteiger partial charge in [0.2, 0.25) is 5.88 Å². The largest absolute Gasteiger partial charge is 0.489 e. The molecule has 12 rings (SSSR count). The van der Waals surface area contributed by atoms with Gasteiger partial charge in [-0.3, -0.25) is 19.8 Å². The number of hydrogen-bond donors (Lipinski definition) is 3. The van der Waals surface area contributed by atoms with E-state index in [9.17, 15) is 32.1 Å². The molecule has 0 bridgehead atoms. The van der Waals surface area contributed by atoms with Crippen LogP contribution < -0.4 is 29.3 Å². The number of aryl methyl sites for hydroxylation is 1. The Bertz CT molecular complexity index is 2990. The Labute approximate surface area is 397 Å². The Hall–Kier alpha value is -6.09. The minimum absolute atomic E-state index is 0.00500. The lowest BCUT2D eigenvalue weighted by Gasteiger charge is -2.62. The van der Waals surface area contributed by atoms with Gasteiger partial charge in [-0.1, -0.05) is 24.3 Å². The number of fused-ring (bicyclic) bond motifs is 4. The standard InChI is InChI=1S/C49H53F2N9O8S/c1-29-5-2-3-6-35(29)37-7-4-14-58(37)33-21-48(22-33)27-57(28-48)32-8-9-36(38(18-32)59-40-17-30-10-13-52-45(30)54-47(40)68-43-26-66-25-41(43)59)46(61)55-69(64,65)34-19-39(60(62)63)44-42(20-34)67-24-31(53-44)23-56-15-11-49(50,51)12-16-56/h2-3,5-6,8-10,13,17-20,31,33,37,41,43,53H,4,7,11-12,14-16,21-28H2,1H3,(H,52,54)(H,55,61)/t31-,37+,41+,43+/m1/s1. The average Bonchev–Trinajstić information content (AvgIpc) is 4.09. The Balaban J connectivity index is 0.827. The van der Waals surface area contributed by atoms with Crippen molar-refractivity contribution in [1.82, 2.24) is 24.5 Å². The first-order valence-corrected chi connectivity index (χ1v) is 25.3. The summed E-state index contributed by atoms with van der Waals surface area (Å²) >= 11 is 0. The number of halogens is 2. The molecule has 4 saturated heterocycles. The molecule has 8 heterocycles. The molecule has 2 aromatic heterocycles. The number of H-pyrrole nitrogens is 1. The van der Waals surface area contributed by atoms with Gasteiger partial charge in [0.25, 0.3) is 27.5 Å². The van der Waals surface area contributed by atoms with Crippen molar-refractivity contribution in [3.63, 3.8) is 0 Å². The highest BCUT2D eigenvalue weighted by Crippen LogP contribution is 2.55. The van der Waals surface area contributed by atoms with E-state index in [1.807, 2.05) is 34.1 Å². The van der Waals surface area contributed by atoms with Gasteiger partial charge in [-0.2, -0.15) is 4.98 Å². The predicted octanol–water partition coefficient (Wildman–Crippen LogP) is 6.91. The number of ether oxygens (including phenoxy) is 3.